The standard InChI is InChI=1S/C11H18N2O/c1-8-5-4-6-10(12)11(8)13-7-9(2)14-3/h4-6,9,13H,7,12H2,1-3H3. The van der Waals surface area contributed by atoms with Gasteiger partial charge in [-0.25, -0.2) is 0 Å². The van der Waals surface area contributed by atoms with Crippen molar-refractivity contribution in [3.8, 4) is 0 Å². The third kappa shape index (κ3) is 2.64. The van der Waals surface area contributed by atoms with Crippen LogP contribution in [0.5, 0.6) is 0 Å². The number of hydrogen-bond donors (Lipinski definition) is 2. The number of nitrogens with one attached hydrogen (secondary N) is 1. The molecule has 78 valence electrons. The number of ether oxygens (including phenoxy) is 1. The maximum atomic E-state index is 5.85. The van der Waals surface area contributed by atoms with Crippen molar-refractivity contribution < 1.29 is 4.74 Å². The Morgan fingerprint density at radius 1 is 1.50 bits per heavy atom. The van der Waals surface area contributed by atoms with Gasteiger partial charge in [0.15, 0.2) is 0 Å². The van der Waals surface area contributed by atoms with E-state index in [9.17, 15) is 0 Å². The first-order valence-corrected chi connectivity index (χ1v) is 4.77. The molecule has 1 atom stereocenters. The number of rotatable bonds is 4. The van der Waals surface area contributed by atoms with Crippen LogP contribution in [0.25, 0.3) is 0 Å². The van der Waals surface area contributed by atoms with E-state index in [-0.39, 0.29) is 6.10 Å². The molecule has 1 rings (SSSR count). The highest BCUT2D eigenvalue weighted by Gasteiger charge is 2.04. The summed E-state index contributed by atoms with van der Waals surface area (Å²) in [5.41, 5.74) is 8.80. The second-order valence-corrected chi connectivity index (χ2v) is 3.47. The first-order valence-electron chi connectivity index (χ1n) is 4.77. The molecule has 3 heteroatoms. The van der Waals surface area contributed by atoms with Crippen LogP contribution < -0.4 is 11.1 Å². The van der Waals surface area contributed by atoms with E-state index in [1.165, 1.54) is 0 Å². The second-order valence-electron chi connectivity index (χ2n) is 3.47. The summed E-state index contributed by atoms with van der Waals surface area (Å²) in [5, 5.41) is 3.28. The maximum Gasteiger partial charge on any atom is 0.0715 e. The number of nitrogens with two attached hydrogens (primary N) is 1. The summed E-state index contributed by atoms with van der Waals surface area (Å²) in [6.07, 6.45) is 0.189. The van der Waals surface area contributed by atoms with Crippen molar-refractivity contribution in [3.63, 3.8) is 0 Å². The van der Waals surface area contributed by atoms with Gasteiger partial charge < -0.3 is 15.8 Å². The zero-order chi connectivity index (χ0) is 10.6. The zero-order valence-electron chi connectivity index (χ0n) is 9.00. The van der Waals surface area contributed by atoms with Crippen LogP contribution in [-0.4, -0.2) is 19.8 Å². The highest BCUT2D eigenvalue weighted by Crippen LogP contribution is 2.22. The highest BCUT2D eigenvalue weighted by molar-refractivity contribution is 5.69. The molecule has 3 N–H and O–H groups in total. The molecule has 0 saturated heterocycles. The van der Waals surface area contributed by atoms with Gasteiger partial charge >= 0.3 is 0 Å². The molecule has 1 unspecified atom stereocenters. The number of benzene rings is 1. The Balaban J connectivity index is 2.66. The molecule has 0 aromatic heterocycles. The summed E-state index contributed by atoms with van der Waals surface area (Å²) < 4.78 is 5.15. The van der Waals surface area contributed by atoms with Gasteiger partial charge in [0.2, 0.25) is 0 Å². The van der Waals surface area contributed by atoms with E-state index in [4.69, 9.17) is 10.5 Å². The summed E-state index contributed by atoms with van der Waals surface area (Å²) in [6, 6.07) is 5.89. The molecule has 0 spiro atoms. The molecule has 0 aliphatic heterocycles. The van der Waals surface area contributed by atoms with Gasteiger partial charge in [-0.15, -0.1) is 0 Å². The molecule has 0 radical (unpaired) electrons. The molecule has 0 saturated carbocycles. The zero-order valence-corrected chi connectivity index (χ0v) is 9.00. The molecule has 0 aliphatic carbocycles. The van der Waals surface area contributed by atoms with Crippen molar-refractivity contribution in [3.05, 3.63) is 23.8 Å². The van der Waals surface area contributed by atoms with E-state index in [1.807, 2.05) is 32.0 Å². The van der Waals surface area contributed by atoms with Crippen LogP contribution in [0.1, 0.15) is 12.5 Å². The van der Waals surface area contributed by atoms with E-state index in [2.05, 4.69) is 5.32 Å². The predicted octanol–water partition coefficient (Wildman–Crippen LogP) is 2.02. The van der Waals surface area contributed by atoms with Crippen molar-refractivity contribution >= 4 is 11.4 Å². The van der Waals surface area contributed by atoms with Crippen molar-refractivity contribution in [1.82, 2.24) is 0 Å². The summed E-state index contributed by atoms with van der Waals surface area (Å²) in [7, 11) is 1.70. The Labute approximate surface area is 85.3 Å². The predicted molar refractivity (Wildman–Crippen MR) is 60.6 cm³/mol. The fourth-order valence-electron chi connectivity index (χ4n) is 1.26. The molecule has 1 aromatic rings. The van der Waals surface area contributed by atoms with Crippen LogP contribution >= 0.6 is 0 Å². The van der Waals surface area contributed by atoms with E-state index in [0.717, 1.165) is 23.5 Å². The van der Waals surface area contributed by atoms with Crippen LogP contribution in [0, 0.1) is 6.92 Å². The lowest BCUT2D eigenvalue weighted by Gasteiger charge is -2.15. The van der Waals surface area contributed by atoms with E-state index in [1.54, 1.807) is 7.11 Å². The second kappa shape index (κ2) is 4.86. The Morgan fingerprint density at radius 3 is 2.79 bits per heavy atom. The Bertz CT molecular complexity index is 279. The Kier molecular flexibility index (Phi) is 3.77. The van der Waals surface area contributed by atoms with Crippen LogP contribution in [0.4, 0.5) is 11.4 Å². The van der Waals surface area contributed by atoms with Crippen LogP contribution in [0.15, 0.2) is 18.2 Å². The van der Waals surface area contributed by atoms with Crippen molar-refractivity contribution in [1.29, 1.82) is 0 Å². The number of aryl methyl sites for hydroxylation is 1. The molecule has 0 fully saturated rings. The molecule has 1 aromatic carbocycles. The SMILES string of the molecule is COC(C)CNc1c(C)cccc1N. The number of para-hydroxylation sites is 1. The average Bonchev–Trinajstić information content (AvgIpc) is 2.16. The van der Waals surface area contributed by atoms with Gasteiger partial charge in [0.25, 0.3) is 0 Å². The number of nitrogen functional groups attached to an aromatic ring is 1. The summed E-state index contributed by atoms with van der Waals surface area (Å²) in [5.74, 6) is 0. The quantitative estimate of drug-likeness (QED) is 0.721. The molecule has 0 aliphatic rings. The van der Waals surface area contributed by atoms with Crippen LogP contribution in [0.3, 0.4) is 0 Å². The first-order chi connectivity index (χ1) is 6.65. The average molecular weight is 194 g/mol. The van der Waals surface area contributed by atoms with Crippen LogP contribution in [-0.2, 0) is 4.74 Å². The third-order valence-electron chi connectivity index (χ3n) is 2.27. The molecular formula is C11H18N2O. The van der Waals surface area contributed by atoms with Gasteiger partial charge in [-0.1, -0.05) is 12.1 Å². The van der Waals surface area contributed by atoms with Gasteiger partial charge in [0.1, 0.15) is 0 Å². The smallest absolute Gasteiger partial charge is 0.0715 e. The minimum absolute atomic E-state index is 0.189. The molecule has 0 bridgehead atoms. The number of anilines is 2. The van der Waals surface area contributed by atoms with Crippen LogP contribution in [0.2, 0.25) is 0 Å². The molecule has 3 nitrogen and oxygen atoms in total. The number of hydrogen-bond acceptors (Lipinski definition) is 3. The molecule has 0 amide bonds. The van der Waals surface area contributed by atoms with Gasteiger partial charge in [0, 0.05) is 13.7 Å². The van der Waals surface area contributed by atoms with Crippen molar-refractivity contribution in [2.75, 3.05) is 24.7 Å². The van der Waals surface area contributed by atoms with Gasteiger partial charge in [-0.05, 0) is 25.5 Å². The van der Waals surface area contributed by atoms with E-state index >= 15 is 0 Å². The lowest BCUT2D eigenvalue weighted by atomic mass is 10.1. The maximum absolute atomic E-state index is 5.85. The largest absolute Gasteiger partial charge is 0.397 e. The lowest BCUT2D eigenvalue weighted by Crippen LogP contribution is -2.19. The lowest BCUT2D eigenvalue weighted by molar-refractivity contribution is 0.129. The number of methoxy groups -OCH3 is 1. The van der Waals surface area contributed by atoms with Gasteiger partial charge in [0.05, 0.1) is 17.5 Å². The first kappa shape index (κ1) is 10.9. The highest BCUT2D eigenvalue weighted by atomic mass is 16.5. The minimum atomic E-state index is 0.189. The molecular weight excluding hydrogens is 176 g/mol. The fourth-order valence-corrected chi connectivity index (χ4v) is 1.26. The van der Waals surface area contributed by atoms with Crippen molar-refractivity contribution in [2.24, 2.45) is 0 Å². The Morgan fingerprint density at radius 2 is 2.21 bits per heavy atom. The summed E-state index contributed by atoms with van der Waals surface area (Å²) in [6.45, 7) is 4.82. The van der Waals surface area contributed by atoms with E-state index < -0.39 is 0 Å². The van der Waals surface area contributed by atoms with Gasteiger partial charge in [-0.3, -0.25) is 0 Å². The topological polar surface area (TPSA) is 47.3 Å². The molecule has 14 heavy (non-hydrogen) atoms. The summed E-state index contributed by atoms with van der Waals surface area (Å²) >= 11 is 0. The Hall–Kier alpha value is -1.22. The normalized spacial score (nSPS) is 12.5. The minimum Gasteiger partial charge on any atom is -0.397 e. The van der Waals surface area contributed by atoms with Crippen molar-refractivity contribution in [2.45, 2.75) is 20.0 Å². The monoisotopic (exact) mass is 194 g/mol. The third-order valence-corrected chi connectivity index (χ3v) is 2.27. The van der Waals surface area contributed by atoms with Gasteiger partial charge in [-0.2, -0.15) is 0 Å². The fraction of sp³-hybridized carbons (Fsp3) is 0.455. The van der Waals surface area contributed by atoms with E-state index in [0.29, 0.717) is 0 Å². The molecule has 0 heterocycles. The summed E-state index contributed by atoms with van der Waals surface area (Å²) in [4.78, 5) is 0.